The zero-order valence-electron chi connectivity index (χ0n) is 50.0. The van der Waals surface area contributed by atoms with E-state index in [2.05, 4.69) is 48.0 Å². The first-order chi connectivity index (χ1) is 43.6. The van der Waals surface area contributed by atoms with Crippen molar-refractivity contribution in [3.63, 3.8) is 0 Å². The highest BCUT2D eigenvalue weighted by Crippen LogP contribution is 2.42. The molecule has 0 saturated heterocycles. The first kappa shape index (κ1) is 75.8. The van der Waals surface area contributed by atoms with Crippen LogP contribution in [0.25, 0.3) is 10.8 Å². The van der Waals surface area contributed by atoms with Crippen molar-refractivity contribution < 1.29 is 115 Å². The molecule has 0 N–H and O–H groups in total. The van der Waals surface area contributed by atoms with Crippen molar-refractivity contribution in [3.8, 4) is 0 Å². The van der Waals surface area contributed by atoms with Gasteiger partial charge in [-0.3, -0.25) is 4.79 Å². The van der Waals surface area contributed by atoms with Crippen molar-refractivity contribution in [2.45, 2.75) is 172 Å². The molecule has 0 saturated carbocycles. The lowest BCUT2D eigenvalue weighted by Crippen LogP contribution is -2.75. The van der Waals surface area contributed by atoms with Gasteiger partial charge in [0.25, 0.3) is 0 Å². The van der Waals surface area contributed by atoms with E-state index < -0.39 is 195 Å². The van der Waals surface area contributed by atoms with Gasteiger partial charge in [0.05, 0.1) is 44.5 Å². The molecule has 0 radical (unpaired) electrons. The summed E-state index contributed by atoms with van der Waals surface area (Å²) in [6.07, 6.45) is -29.5. The van der Waals surface area contributed by atoms with Crippen LogP contribution in [0.15, 0.2) is 140 Å². The lowest BCUT2D eigenvalue weighted by atomic mass is 9.12. The highest BCUT2D eigenvalue weighted by molar-refractivity contribution is 7.20. The Bertz CT molecular complexity index is 3190. The fourth-order valence-electron chi connectivity index (χ4n) is 11.5. The molecule has 0 aliphatic rings. The van der Waals surface area contributed by atoms with E-state index in [1.807, 2.05) is 30.3 Å². The molecule has 27 heteroatoms. The van der Waals surface area contributed by atoms with Crippen LogP contribution in [-0.4, -0.2) is 11.9 Å². The highest BCUT2D eigenvalue weighted by atomic mass is 19.4. The monoisotopic (exact) mass is 1360 g/mol. The molecule has 94 heavy (non-hydrogen) atoms. The fourth-order valence-corrected chi connectivity index (χ4v) is 11.5. The van der Waals surface area contributed by atoms with Crippen LogP contribution in [-0.2, 0) is 62.4 Å². The number of alkyl halides is 24. The number of hydrogen-bond acceptors (Lipinski definition) is 1. The van der Waals surface area contributed by atoms with Crippen LogP contribution in [0.5, 0.6) is 0 Å². The number of aryl methyl sites for hydroxylation is 1. The summed E-state index contributed by atoms with van der Waals surface area (Å²) in [6, 6.07) is 11.6. The number of pyridine rings is 1. The number of rotatable bonds is 24. The molecule has 6 aromatic carbocycles. The van der Waals surface area contributed by atoms with Gasteiger partial charge in [-0.25, -0.2) is 0 Å². The molecule has 512 valence electrons. The zero-order chi connectivity index (χ0) is 69.9. The Hall–Kier alpha value is -7.22. The molecular weight excluding hydrogens is 1300 g/mol. The molecule has 1 heterocycles. The fraction of sp³-hybridized carbons (Fsp3) is 0.403. The molecule has 0 fully saturated rings. The molecule has 0 aliphatic heterocycles. The number of carbonyl (C=O) groups excluding carboxylic acids is 1. The minimum absolute atomic E-state index is 0.175. The molecule has 0 atom stereocenters. The van der Waals surface area contributed by atoms with Gasteiger partial charge in [-0.1, -0.05) is 200 Å². The standard InChI is InChI=1S/C35H50NO.C32H12BF24/c1-2-3-4-5-6-7-8-9-10-11-12-13-14-15-16-20-27-34-33-26-22-21-23-31(33)28-29-36(34)30-35(37)32-24-18-17-19-25-32;34-25(35,36)13-1-14(26(37,38)39)6-21(5-13)33(22-7-15(27(40,41)42)2-16(8-22)28(43,44)45,23-9-17(29(46,47)48)3-18(10-23)30(49,50)51)24-11-19(31(52,53)54)4-20(12-24)32(55,56)57/h17-19,21-26,28-29H,2-16,20,27,30H2,1H3;1-12H/q+1;-1. The van der Waals surface area contributed by atoms with Gasteiger partial charge >= 0.3 is 49.4 Å². The number of benzene rings is 6. The maximum atomic E-state index is 14.2. The average molecular weight is 1360 g/mol. The summed E-state index contributed by atoms with van der Waals surface area (Å²) in [5.74, 6) is 0.175. The number of Topliss-reactive ketones (excluding diaryl/α,β-unsaturated/α-hetero) is 1. The Morgan fingerprint density at radius 3 is 0.883 bits per heavy atom. The minimum atomic E-state index is -6.13. The lowest BCUT2D eigenvalue weighted by Gasteiger charge is -2.46. The second-order valence-corrected chi connectivity index (χ2v) is 23.0. The molecule has 0 amide bonds. The summed E-state index contributed by atoms with van der Waals surface area (Å²) in [4.78, 5) is 12.9. The van der Waals surface area contributed by atoms with Crippen LogP contribution in [0.2, 0.25) is 0 Å². The van der Waals surface area contributed by atoms with Gasteiger partial charge in [-0.05, 0) is 42.1 Å². The van der Waals surface area contributed by atoms with E-state index in [4.69, 9.17) is 0 Å². The first-order valence-corrected chi connectivity index (χ1v) is 29.9. The Balaban J connectivity index is 0.000000326. The quantitative estimate of drug-likeness (QED) is 0.0194. The number of halogens is 24. The van der Waals surface area contributed by atoms with Crippen molar-refractivity contribution >= 4 is 44.6 Å². The van der Waals surface area contributed by atoms with E-state index in [-0.39, 0.29) is 5.78 Å². The van der Waals surface area contributed by atoms with Crippen molar-refractivity contribution in [1.29, 1.82) is 0 Å². The molecule has 7 rings (SSSR count). The van der Waals surface area contributed by atoms with Crippen molar-refractivity contribution in [3.05, 3.63) is 195 Å². The Labute approximate surface area is 525 Å². The SMILES string of the molecule is CCCCCCCCCCCCCCCCCCc1c2ccccc2cc[n+]1CC(=O)c1ccccc1.FC(F)(F)c1cc([B-](c2cc(C(F)(F)F)cc(C(F)(F)F)c2)(c2cc(C(F)(F)F)cc(C(F)(F)F)c2)c2cc(C(F)(F)F)cc(C(F)(F)F)c2)cc(C(F)(F)F)c1. The highest BCUT2D eigenvalue weighted by Gasteiger charge is 2.47. The third-order valence-corrected chi connectivity index (χ3v) is 16.2. The number of unbranched alkanes of at least 4 members (excludes halogenated alkanes) is 15. The average Bonchev–Trinajstić information content (AvgIpc) is 0.709. The zero-order valence-corrected chi connectivity index (χ0v) is 50.0. The third kappa shape index (κ3) is 20.4. The predicted octanol–water partition coefficient (Wildman–Crippen LogP) is 21.0. The normalized spacial score (nSPS) is 13.1. The maximum Gasteiger partial charge on any atom is 0.416 e. The molecule has 0 bridgehead atoms. The summed E-state index contributed by atoms with van der Waals surface area (Å²) in [7, 11) is 0. The number of aromatic nitrogens is 1. The van der Waals surface area contributed by atoms with Crippen molar-refractivity contribution in [2.24, 2.45) is 0 Å². The number of ketones is 1. The van der Waals surface area contributed by atoms with E-state index >= 15 is 0 Å². The van der Waals surface area contributed by atoms with E-state index in [0.29, 0.717) is 6.54 Å². The van der Waals surface area contributed by atoms with Crippen molar-refractivity contribution in [1.82, 2.24) is 0 Å². The molecular formula is C67H62BF24NO. The number of nitrogens with zero attached hydrogens (tertiary/aromatic N) is 1. The Morgan fingerprint density at radius 1 is 0.330 bits per heavy atom. The summed E-state index contributed by atoms with van der Waals surface area (Å²) in [6.45, 7) is 2.70. The summed E-state index contributed by atoms with van der Waals surface area (Å²) in [5, 5.41) is 2.55. The summed E-state index contributed by atoms with van der Waals surface area (Å²) in [5.41, 5.74) is -28.1. The largest absolute Gasteiger partial charge is 0.416 e. The Morgan fingerprint density at radius 2 is 0.596 bits per heavy atom. The van der Waals surface area contributed by atoms with Crippen LogP contribution in [0, 0.1) is 0 Å². The molecule has 0 unspecified atom stereocenters. The third-order valence-electron chi connectivity index (χ3n) is 16.2. The lowest BCUT2D eigenvalue weighted by molar-refractivity contribution is -0.689. The smallest absolute Gasteiger partial charge is 0.287 e. The number of hydrogen-bond donors (Lipinski definition) is 0. The van der Waals surface area contributed by atoms with Crippen molar-refractivity contribution in [2.75, 3.05) is 0 Å². The van der Waals surface area contributed by atoms with Gasteiger partial charge in [0, 0.05) is 23.4 Å². The molecule has 0 spiro atoms. The van der Waals surface area contributed by atoms with E-state index in [1.165, 1.54) is 119 Å². The Kier molecular flexibility index (Phi) is 24.7. The minimum Gasteiger partial charge on any atom is -0.287 e. The molecule has 0 aliphatic carbocycles. The van der Waals surface area contributed by atoms with Gasteiger partial charge in [0.15, 0.2) is 11.9 Å². The predicted molar refractivity (Wildman–Crippen MR) is 308 cm³/mol. The summed E-state index contributed by atoms with van der Waals surface area (Å²) < 4.78 is 343. The molecule has 2 nitrogen and oxygen atoms in total. The van der Waals surface area contributed by atoms with Gasteiger partial charge in [0.2, 0.25) is 12.3 Å². The van der Waals surface area contributed by atoms with Crippen LogP contribution >= 0.6 is 0 Å². The summed E-state index contributed by atoms with van der Waals surface area (Å²) >= 11 is 0. The van der Waals surface area contributed by atoms with E-state index in [0.717, 1.165) is 12.0 Å². The van der Waals surface area contributed by atoms with Crippen LogP contribution < -0.4 is 26.4 Å². The van der Waals surface area contributed by atoms with Crippen LogP contribution in [0.1, 0.15) is 170 Å². The maximum absolute atomic E-state index is 14.2. The number of carbonyl (C=O) groups is 1. The van der Waals surface area contributed by atoms with Gasteiger partial charge in [0.1, 0.15) is 6.15 Å². The molecule has 1 aromatic heterocycles. The first-order valence-electron chi connectivity index (χ1n) is 29.9. The topological polar surface area (TPSA) is 20.9 Å². The van der Waals surface area contributed by atoms with Gasteiger partial charge in [-0.2, -0.15) is 132 Å². The second-order valence-electron chi connectivity index (χ2n) is 23.0. The number of fused-ring (bicyclic) bond motifs is 1. The second kappa shape index (κ2) is 30.7. The van der Waals surface area contributed by atoms with Gasteiger partial charge in [-0.15, -0.1) is 0 Å². The van der Waals surface area contributed by atoms with Crippen LogP contribution in [0.4, 0.5) is 105 Å². The molecule has 7 aromatic rings. The van der Waals surface area contributed by atoms with E-state index in [1.54, 1.807) is 0 Å². The van der Waals surface area contributed by atoms with Gasteiger partial charge < -0.3 is 0 Å². The van der Waals surface area contributed by atoms with Crippen LogP contribution in [0.3, 0.4) is 0 Å². The van der Waals surface area contributed by atoms with E-state index in [9.17, 15) is 110 Å².